The molecule has 1 saturated heterocycles. The summed E-state index contributed by atoms with van der Waals surface area (Å²) in [4.78, 5) is 43.0. The average molecular weight is 463 g/mol. The number of thiazole rings is 1. The molecule has 2 N–H and O–H groups in total. The Morgan fingerprint density at radius 2 is 1.85 bits per heavy atom. The number of hydrogen-bond acceptors (Lipinski definition) is 5. The lowest BCUT2D eigenvalue weighted by atomic mass is 10.1. The van der Waals surface area contributed by atoms with Gasteiger partial charge in [0.1, 0.15) is 5.01 Å². The van der Waals surface area contributed by atoms with Gasteiger partial charge in [0, 0.05) is 48.8 Å². The summed E-state index contributed by atoms with van der Waals surface area (Å²) < 4.78 is 0.941. The van der Waals surface area contributed by atoms with Gasteiger partial charge in [-0.25, -0.2) is 4.98 Å². The Bertz CT molecular complexity index is 1200. The predicted octanol–water partition coefficient (Wildman–Crippen LogP) is 3.60. The van der Waals surface area contributed by atoms with E-state index in [1.54, 1.807) is 6.07 Å². The smallest absolute Gasteiger partial charge is 0.251 e. The van der Waals surface area contributed by atoms with E-state index in [1.165, 1.54) is 11.3 Å². The maximum absolute atomic E-state index is 12.6. The van der Waals surface area contributed by atoms with Crippen LogP contribution in [0.2, 0.25) is 0 Å². The molecule has 5 rings (SSSR count). The van der Waals surface area contributed by atoms with Crippen LogP contribution in [0, 0.1) is 0 Å². The van der Waals surface area contributed by atoms with Crippen molar-refractivity contribution in [1.82, 2.24) is 20.5 Å². The zero-order valence-electron chi connectivity index (χ0n) is 18.3. The number of nitrogens with one attached hydrogen (secondary N) is 2. The van der Waals surface area contributed by atoms with E-state index in [-0.39, 0.29) is 17.7 Å². The molecular weight excluding hydrogens is 436 g/mol. The van der Waals surface area contributed by atoms with Crippen LogP contribution in [0.15, 0.2) is 42.5 Å². The Morgan fingerprint density at radius 1 is 1.06 bits per heavy atom. The molecule has 1 aromatic heterocycles. The molecular formula is C25H26N4O3S. The van der Waals surface area contributed by atoms with E-state index < -0.39 is 0 Å². The lowest BCUT2D eigenvalue weighted by Gasteiger charge is -2.15. The van der Waals surface area contributed by atoms with Gasteiger partial charge >= 0.3 is 0 Å². The molecule has 33 heavy (non-hydrogen) atoms. The molecule has 2 aromatic carbocycles. The van der Waals surface area contributed by atoms with Gasteiger partial charge in [0.15, 0.2) is 0 Å². The maximum atomic E-state index is 12.6. The van der Waals surface area contributed by atoms with Crippen LogP contribution in [0.3, 0.4) is 0 Å². The second-order valence-electron chi connectivity index (χ2n) is 8.62. The molecule has 0 atom stereocenters. The third-order valence-electron chi connectivity index (χ3n) is 6.02. The van der Waals surface area contributed by atoms with Crippen molar-refractivity contribution < 1.29 is 14.4 Å². The van der Waals surface area contributed by atoms with Crippen LogP contribution in [-0.2, 0) is 4.79 Å². The van der Waals surface area contributed by atoms with E-state index in [9.17, 15) is 14.4 Å². The first kappa shape index (κ1) is 21.6. The minimum Gasteiger partial charge on any atom is -0.352 e. The number of aromatic nitrogens is 1. The summed E-state index contributed by atoms with van der Waals surface area (Å²) in [5.74, 6) is 0.0607. The van der Waals surface area contributed by atoms with E-state index in [4.69, 9.17) is 4.98 Å². The first-order chi connectivity index (χ1) is 16.1. The van der Waals surface area contributed by atoms with Gasteiger partial charge in [0.2, 0.25) is 5.91 Å². The van der Waals surface area contributed by atoms with Crippen LogP contribution >= 0.6 is 11.3 Å². The van der Waals surface area contributed by atoms with Crippen LogP contribution in [0.5, 0.6) is 0 Å². The van der Waals surface area contributed by atoms with Gasteiger partial charge in [0.05, 0.1) is 10.2 Å². The van der Waals surface area contributed by atoms with Crippen molar-refractivity contribution in [3.05, 3.63) is 53.6 Å². The Labute approximate surface area is 196 Å². The summed E-state index contributed by atoms with van der Waals surface area (Å²) in [5.41, 5.74) is 3.04. The van der Waals surface area contributed by atoms with Crippen molar-refractivity contribution in [1.29, 1.82) is 0 Å². The number of carbonyl (C=O) groups excluding carboxylic acids is 3. The summed E-state index contributed by atoms with van der Waals surface area (Å²) in [6, 6.07) is 13.3. The lowest BCUT2D eigenvalue weighted by molar-refractivity contribution is -0.127. The fourth-order valence-electron chi connectivity index (χ4n) is 3.96. The molecule has 0 spiro atoms. The molecule has 2 aliphatic rings. The molecule has 0 radical (unpaired) electrons. The average Bonchev–Trinajstić information content (AvgIpc) is 3.38. The highest BCUT2D eigenvalue weighted by Crippen LogP contribution is 2.31. The molecule has 1 saturated carbocycles. The van der Waals surface area contributed by atoms with Gasteiger partial charge < -0.3 is 15.5 Å². The Kier molecular flexibility index (Phi) is 6.09. The van der Waals surface area contributed by atoms with Crippen molar-refractivity contribution in [3.8, 4) is 10.6 Å². The molecule has 3 amide bonds. The monoisotopic (exact) mass is 462 g/mol. The SMILES string of the molecule is O=C(NCCCN1CCCC1=O)c1ccc2nc(-c3ccc(C(=O)NC4CC4)cc3)sc2c1. The molecule has 0 unspecified atom stereocenters. The molecule has 1 aliphatic heterocycles. The number of nitrogens with zero attached hydrogens (tertiary/aromatic N) is 2. The van der Waals surface area contributed by atoms with Gasteiger partial charge in [-0.15, -0.1) is 11.3 Å². The summed E-state index contributed by atoms with van der Waals surface area (Å²) >= 11 is 1.53. The quantitative estimate of drug-likeness (QED) is 0.501. The van der Waals surface area contributed by atoms with Gasteiger partial charge in [-0.2, -0.15) is 0 Å². The normalized spacial score (nSPS) is 15.8. The molecule has 7 nitrogen and oxygen atoms in total. The number of rotatable bonds is 8. The fourth-order valence-corrected chi connectivity index (χ4v) is 4.97. The van der Waals surface area contributed by atoms with Crippen molar-refractivity contribution in [2.75, 3.05) is 19.6 Å². The third-order valence-corrected chi connectivity index (χ3v) is 7.09. The van der Waals surface area contributed by atoms with Crippen LogP contribution in [0.4, 0.5) is 0 Å². The number of benzene rings is 2. The van der Waals surface area contributed by atoms with E-state index in [0.29, 0.717) is 36.7 Å². The van der Waals surface area contributed by atoms with E-state index in [0.717, 1.165) is 53.0 Å². The standard InChI is InChI=1S/C25H26N4O3S/c30-22-3-1-13-29(22)14-2-12-26-23(31)18-8-11-20-21(15-18)33-25(28-20)17-6-4-16(5-7-17)24(32)27-19-9-10-19/h4-8,11,15,19H,1-3,9-10,12-14H2,(H,26,31)(H,27,32). The summed E-state index contributed by atoms with van der Waals surface area (Å²) in [6.07, 6.45) is 4.45. The number of amides is 3. The highest BCUT2D eigenvalue weighted by molar-refractivity contribution is 7.21. The van der Waals surface area contributed by atoms with Crippen LogP contribution in [-0.4, -0.2) is 53.3 Å². The number of likely N-dealkylation sites (tertiary alicyclic amines) is 1. The van der Waals surface area contributed by atoms with E-state index in [2.05, 4.69) is 10.6 Å². The minimum atomic E-state index is -0.120. The first-order valence-electron chi connectivity index (χ1n) is 11.4. The second kappa shape index (κ2) is 9.31. The van der Waals surface area contributed by atoms with Crippen LogP contribution < -0.4 is 10.6 Å². The molecule has 170 valence electrons. The van der Waals surface area contributed by atoms with Crippen molar-refractivity contribution in [2.24, 2.45) is 0 Å². The number of hydrogen-bond donors (Lipinski definition) is 2. The minimum absolute atomic E-state index is 0.0315. The van der Waals surface area contributed by atoms with Crippen molar-refractivity contribution >= 4 is 39.3 Å². The molecule has 0 bridgehead atoms. The first-order valence-corrected chi connectivity index (χ1v) is 12.3. The summed E-state index contributed by atoms with van der Waals surface area (Å²) in [6.45, 7) is 2.06. The highest BCUT2D eigenvalue weighted by atomic mass is 32.1. The largest absolute Gasteiger partial charge is 0.352 e. The lowest BCUT2D eigenvalue weighted by Crippen LogP contribution is -2.30. The summed E-state index contributed by atoms with van der Waals surface area (Å²) in [7, 11) is 0. The molecule has 2 heterocycles. The Morgan fingerprint density at radius 3 is 2.58 bits per heavy atom. The van der Waals surface area contributed by atoms with E-state index >= 15 is 0 Å². The van der Waals surface area contributed by atoms with Gasteiger partial charge in [-0.3, -0.25) is 14.4 Å². The number of carbonyl (C=O) groups is 3. The molecule has 3 aromatic rings. The Balaban J connectivity index is 1.20. The van der Waals surface area contributed by atoms with Gasteiger partial charge in [0.25, 0.3) is 11.8 Å². The fraction of sp³-hybridized carbons (Fsp3) is 0.360. The topological polar surface area (TPSA) is 91.4 Å². The van der Waals surface area contributed by atoms with Crippen molar-refractivity contribution in [3.63, 3.8) is 0 Å². The zero-order valence-corrected chi connectivity index (χ0v) is 19.1. The van der Waals surface area contributed by atoms with Gasteiger partial charge in [-0.05, 0) is 56.0 Å². The Hall–Kier alpha value is -3.26. The second-order valence-corrected chi connectivity index (χ2v) is 9.65. The molecule has 2 fully saturated rings. The van der Waals surface area contributed by atoms with Gasteiger partial charge in [-0.1, -0.05) is 12.1 Å². The van der Waals surface area contributed by atoms with Crippen molar-refractivity contribution in [2.45, 2.75) is 38.1 Å². The highest BCUT2D eigenvalue weighted by Gasteiger charge is 2.24. The van der Waals surface area contributed by atoms with Crippen LogP contribution in [0.25, 0.3) is 20.8 Å². The maximum Gasteiger partial charge on any atom is 0.251 e. The van der Waals surface area contributed by atoms with Crippen LogP contribution in [0.1, 0.15) is 52.8 Å². The predicted molar refractivity (Wildman–Crippen MR) is 128 cm³/mol. The number of fused-ring (bicyclic) bond motifs is 1. The molecule has 1 aliphatic carbocycles. The third kappa shape index (κ3) is 5.06. The molecule has 8 heteroatoms. The zero-order chi connectivity index (χ0) is 22.8. The van der Waals surface area contributed by atoms with E-state index in [1.807, 2.05) is 41.3 Å². The summed E-state index contributed by atoms with van der Waals surface area (Å²) in [5, 5.41) is 6.79.